The number of halogens is 1. The first-order chi connectivity index (χ1) is 8.85. The molecule has 0 aliphatic heterocycles. The van der Waals surface area contributed by atoms with Crippen LogP contribution in [0.4, 0.5) is 5.82 Å². The molecule has 1 N–H and O–H groups in total. The number of hydrogen-bond acceptors (Lipinski definition) is 4. The third-order valence-corrected chi connectivity index (χ3v) is 3.11. The molecular formula is C13H16ClN3O. The molecule has 1 unspecified atom stereocenters. The first-order valence-electron chi connectivity index (χ1n) is 5.86. The van der Waals surface area contributed by atoms with Gasteiger partial charge < -0.3 is 10.1 Å². The smallest absolute Gasteiger partial charge is 0.137 e. The summed E-state index contributed by atoms with van der Waals surface area (Å²) in [5.41, 5.74) is 0.926. The van der Waals surface area contributed by atoms with Crippen LogP contribution >= 0.6 is 11.6 Å². The van der Waals surface area contributed by atoms with Crippen LogP contribution in [0, 0.1) is 0 Å². The molecular weight excluding hydrogens is 250 g/mol. The van der Waals surface area contributed by atoms with Gasteiger partial charge in [0.25, 0.3) is 0 Å². The minimum atomic E-state index is 0.143. The minimum absolute atomic E-state index is 0.143. The van der Waals surface area contributed by atoms with Crippen molar-refractivity contribution in [3.8, 4) is 0 Å². The summed E-state index contributed by atoms with van der Waals surface area (Å²) in [6, 6.07) is 8.04. The zero-order valence-corrected chi connectivity index (χ0v) is 11.0. The molecule has 0 bridgehead atoms. The maximum absolute atomic E-state index is 5.94. The fourth-order valence-corrected chi connectivity index (χ4v) is 1.99. The third kappa shape index (κ3) is 3.09. The van der Waals surface area contributed by atoms with Crippen molar-refractivity contribution >= 4 is 28.3 Å². The molecule has 18 heavy (non-hydrogen) atoms. The van der Waals surface area contributed by atoms with E-state index in [2.05, 4.69) is 15.3 Å². The second-order valence-corrected chi connectivity index (χ2v) is 4.33. The zero-order valence-electron chi connectivity index (χ0n) is 10.3. The Kier molecular flexibility index (Phi) is 4.73. The molecule has 1 aromatic carbocycles. The maximum atomic E-state index is 5.94. The number of methoxy groups -OCH3 is 1. The van der Waals surface area contributed by atoms with Crippen molar-refractivity contribution < 1.29 is 4.74 Å². The van der Waals surface area contributed by atoms with Crippen LogP contribution in [-0.4, -0.2) is 35.6 Å². The highest BCUT2D eigenvalue weighted by Crippen LogP contribution is 2.19. The Morgan fingerprint density at radius 3 is 2.94 bits per heavy atom. The summed E-state index contributed by atoms with van der Waals surface area (Å²) < 4.78 is 5.07. The van der Waals surface area contributed by atoms with Gasteiger partial charge in [0.2, 0.25) is 0 Å². The van der Waals surface area contributed by atoms with E-state index in [1.807, 2.05) is 24.3 Å². The highest BCUT2D eigenvalue weighted by Gasteiger charge is 2.10. The van der Waals surface area contributed by atoms with Crippen LogP contribution in [-0.2, 0) is 4.74 Å². The van der Waals surface area contributed by atoms with Crippen LogP contribution in [0.1, 0.15) is 6.42 Å². The van der Waals surface area contributed by atoms with E-state index in [9.17, 15) is 0 Å². The van der Waals surface area contributed by atoms with Gasteiger partial charge in [-0.2, -0.15) is 0 Å². The number of nitrogens with zero attached hydrogens (tertiary/aromatic N) is 2. The summed E-state index contributed by atoms with van der Waals surface area (Å²) in [5.74, 6) is 1.34. The molecule has 0 radical (unpaired) electrons. The van der Waals surface area contributed by atoms with Gasteiger partial charge in [-0.25, -0.2) is 9.97 Å². The first-order valence-corrected chi connectivity index (χ1v) is 6.39. The Bertz CT molecular complexity index is 501. The Hall–Kier alpha value is -1.39. The van der Waals surface area contributed by atoms with Crippen LogP contribution in [0.3, 0.4) is 0 Å². The van der Waals surface area contributed by atoms with Gasteiger partial charge in [-0.1, -0.05) is 12.1 Å². The topological polar surface area (TPSA) is 47.0 Å². The molecule has 0 spiro atoms. The molecule has 0 aliphatic carbocycles. The van der Waals surface area contributed by atoms with Crippen LogP contribution in [0.15, 0.2) is 30.6 Å². The normalized spacial score (nSPS) is 12.6. The fraction of sp³-hybridized carbons (Fsp3) is 0.385. The SMILES string of the molecule is COCCC(CCl)Nc1ncnc2ccccc12. The number of rotatable bonds is 6. The van der Waals surface area contributed by atoms with Crippen molar-refractivity contribution in [3.05, 3.63) is 30.6 Å². The fourth-order valence-electron chi connectivity index (χ4n) is 1.76. The molecule has 0 saturated carbocycles. The molecule has 0 fully saturated rings. The number of fused-ring (bicyclic) bond motifs is 1. The molecule has 0 aliphatic rings. The van der Waals surface area contributed by atoms with Crippen molar-refractivity contribution in [1.82, 2.24) is 9.97 Å². The van der Waals surface area contributed by atoms with Crippen molar-refractivity contribution in [2.45, 2.75) is 12.5 Å². The van der Waals surface area contributed by atoms with Crippen molar-refractivity contribution in [2.24, 2.45) is 0 Å². The van der Waals surface area contributed by atoms with Gasteiger partial charge in [-0.05, 0) is 18.6 Å². The molecule has 1 aromatic heterocycles. The predicted molar refractivity (Wildman–Crippen MR) is 74.2 cm³/mol. The third-order valence-electron chi connectivity index (χ3n) is 2.74. The molecule has 0 saturated heterocycles. The Morgan fingerprint density at radius 2 is 2.17 bits per heavy atom. The molecule has 4 nitrogen and oxygen atoms in total. The van der Waals surface area contributed by atoms with Crippen LogP contribution in [0.25, 0.3) is 10.9 Å². The quantitative estimate of drug-likeness (QED) is 0.816. The van der Waals surface area contributed by atoms with Gasteiger partial charge in [0.15, 0.2) is 0 Å². The lowest BCUT2D eigenvalue weighted by atomic mass is 10.2. The second kappa shape index (κ2) is 6.52. The number of ether oxygens (including phenoxy) is 1. The molecule has 1 heterocycles. The monoisotopic (exact) mass is 265 g/mol. The van der Waals surface area contributed by atoms with Crippen molar-refractivity contribution in [1.29, 1.82) is 0 Å². The van der Waals surface area contributed by atoms with Crippen LogP contribution in [0.2, 0.25) is 0 Å². The molecule has 2 rings (SSSR count). The van der Waals surface area contributed by atoms with Crippen LogP contribution in [0.5, 0.6) is 0 Å². The highest BCUT2D eigenvalue weighted by atomic mass is 35.5. The second-order valence-electron chi connectivity index (χ2n) is 4.02. The summed E-state index contributed by atoms with van der Waals surface area (Å²) >= 11 is 5.94. The largest absolute Gasteiger partial charge is 0.385 e. The lowest BCUT2D eigenvalue weighted by Gasteiger charge is -2.17. The number of hydrogen-bond donors (Lipinski definition) is 1. The standard InChI is InChI=1S/C13H16ClN3O/c1-18-7-6-10(8-14)17-13-11-4-2-3-5-12(11)15-9-16-13/h2-5,9-10H,6-8H2,1H3,(H,15,16,17). The van der Waals surface area contributed by atoms with E-state index in [1.54, 1.807) is 13.4 Å². The van der Waals surface area contributed by atoms with E-state index in [0.717, 1.165) is 23.1 Å². The van der Waals surface area contributed by atoms with Crippen molar-refractivity contribution in [3.63, 3.8) is 0 Å². The lowest BCUT2D eigenvalue weighted by molar-refractivity contribution is 0.191. The molecule has 1 atom stereocenters. The number of alkyl halides is 1. The average molecular weight is 266 g/mol. The Labute approximate surface area is 111 Å². The summed E-state index contributed by atoms with van der Waals surface area (Å²) in [7, 11) is 1.69. The summed E-state index contributed by atoms with van der Waals surface area (Å²) in [6.45, 7) is 0.674. The first kappa shape index (κ1) is 13.1. The van der Waals surface area contributed by atoms with E-state index < -0.39 is 0 Å². The van der Waals surface area contributed by atoms with Gasteiger partial charge in [-0.3, -0.25) is 0 Å². The maximum Gasteiger partial charge on any atom is 0.137 e. The van der Waals surface area contributed by atoms with Gasteiger partial charge in [0, 0.05) is 31.0 Å². The van der Waals surface area contributed by atoms with E-state index in [-0.39, 0.29) is 6.04 Å². The molecule has 5 heteroatoms. The van der Waals surface area contributed by atoms with Crippen LogP contribution < -0.4 is 5.32 Å². The van der Waals surface area contributed by atoms with Crippen molar-refractivity contribution in [2.75, 3.05) is 24.9 Å². The predicted octanol–water partition coefficient (Wildman–Crippen LogP) is 2.69. The number of nitrogens with one attached hydrogen (secondary N) is 1. The van der Waals surface area contributed by atoms with E-state index in [0.29, 0.717) is 12.5 Å². The molecule has 2 aromatic rings. The molecule has 0 amide bonds. The van der Waals surface area contributed by atoms with E-state index >= 15 is 0 Å². The zero-order chi connectivity index (χ0) is 12.8. The number of aromatic nitrogens is 2. The van der Waals surface area contributed by atoms with Gasteiger partial charge >= 0.3 is 0 Å². The summed E-state index contributed by atoms with van der Waals surface area (Å²) in [5, 5.41) is 4.35. The van der Waals surface area contributed by atoms with Gasteiger partial charge in [0.1, 0.15) is 12.1 Å². The number of benzene rings is 1. The van der Waals surface area contributed by atoms with Gasteiger partial charge in [0.05, 0.1) is 5.52 Å². The Balaban J connectivity index is 2.19. The summed E-state index contributed by atoms with van der Waals surface area (Å²) in [6.07, 6.45) is 2.41. The highest BCUT2D eigenvalue weighted by molar-refractivity contribution is 6.18. The van der Waals surface area contributed by atoms with Gasteiger partial charge in [-0.15, -0.1) is 11.6 Å². The average Bonchev–Trinajstić information content (AvgIpc) is 2.43. The lowest BCUT2D eigenvalue weighted by Crippen LogP contribution is -2.23. The minimum Gasteiger partial charge on any atom is -0.385 e. The van der Waals surface area contributed by atoms with E-state index in [1.165, 1.54) is 0 Å². The number of para-hydroxylation sites is 1. The Morgan fingerprint density at radius 1 is 1.33 bits per heavy atom. The number of anilines is 1. The molecule has 96 valence electrons. The summed E-state index contributed by atoms with van der Waals surface area (Å²) in [4.78, 5) is 8.51. The van der Waals surface area contributed by atoms with E-state index in [4.69, 9.17) is 16.3 Å².